The molecule has 0 aromatic heterocycles. The molecule has 2 rings (SSSR count). The summed E-state index contributed by atoms with van der Waals surface area (Å²) in [6.07, 6.45) is 4.48. The molecule has 0 atom stereocenters. The second-order valence-corrected chi connectivity index (χ2v) is 4.10. The highest BCUT2D eigenvalue weighted by Crippen LogP contribution is 2.14. The highest BCUT2D eigenvalue weighted by molar-refractivity contribution is 5.72. The molecule has 90 valence electrons. The van der Waals surface area contributed by atoms with Crippen LogP contribution in [-0.4, -0.2) is 19.1 Å². The number of hydrogen-bond donors (Lipinski definition) is 1. The van der Waals surface area contributed by atoms with Crippen molar-refractivity contribution in [1.82, 2.24) is 5.32 Å². The summed E-state index contributed by atoms with van der Waals surface area (Å²) >= 11 is 0. The van der Waals surface area contributed by atoms with Crippen LogP contribution < -0.4 is 10.1 Å². The van der Waals surface area contributed by atoms with Gasteiger partial charge in [0.05, 0.1) is 0 Å². The SMILES string of the molecule is O=C(CCC1=CCNCC1)Oc1ccccc1. The van der Waals surface area contributed by atoms with Crippen molar-refractivity contribution in [2.45, 2.75) is 19.3 Å². The van der Waals surface area contributed by atoms with Gasteiger partial charge in [0.15, 0.2) is 0 Å². The first-order valence-electron chi connectivity index (χ1n) is 5.99. The van der Waals surface area contributed by atoms with Gasteiger partial charge in [-0.05, 0) is 31.5 Å². The summed E-state index contributed by atoms with van der Waals surface area (Å²) in [6, 6.07) is 9.20. The first kappa shape index (κ1) is 11.9. The van der Waals surface area contributed by atoms with Crippen LogP contribution >= 0.6 is 0 Å². The fourth-order valence-electron chi connectivity index (χ4n) is 1.83. The molecule has 0 fully saturated rings. The number of ether oxygens (including phenoxy) is 1. The molecule has 17 heavy (non-hydrogen) atoms. The summed E-state index contributed by atoms with van der Waals surface area (Å²) in [4.78, 5) is 11.6. The van der Waals surface area contributed by atoms with Crippen LogP contribution in [0.3, 0.4) is 0 Å². The Labute approximate surface area is 101 Å². The summed E-state index contributed by atoms with van der Waals surface area (Å²) in [5.74, 6) is 0.465. The van der Waals surface area contributed by atoms with Crippen molar-refractivity contribution in [3.63, 3.8) is 0 Å². The van der Waals surface area contributed by atoms with Crippen molar-refractivity contribution in [3.05, 3.63) is 42.0 Å². The van der Waals surface area contributed by atoms with Gasteiger partial charge in [-0.25, -0.2) is 0 Å². The van der Waals surface area contributed by atoms with E-state index in [0.717, 1.165) is 25.9 Å². The Balaban J connectivity index is 1.76. The highest BCUT2D eigenvalue weighted by Gasteiger charge is 2.08. The van der Waals surface area contributed by atoms with Crippen molar-refractivity contribution < 1.29 is 9.53 Å². The van der Waals surface area contributed by atoms with Crippen molar-refractivity contribution >= 4 is 5.97 Å². The number of rotatable bonds is 4. The summed E-state index contributed by atoms with van der Waals surface area (Å²) in [6.45, 7) is 1.93. The topological polar surface area (TPSA) is 38.3 Å². The summed E-state index contributed by atoms with van der Waals surface area (Å²) < 4.78 is 5.22. The average Bonchev–Trinajstić information content (AvgIpc) is 2.39. The molecular formula is C14H17NO2. The molecule has 0 saturated carbocycles. The predicted molar refractivity (Wildman–Crippen MR) is 66.9 cm³/mol. The van der Waals surface area contributed by atoms with E-state index in [2.05, 4.69) is 11.4 Å². The van der Waals surface area contributed by atoms with Gasteiger partial charge >= 0.3 is 5.97 Å². The van der Waals surface area contributed by atoms with Gasteiger partial charge in [-0.15, -0.1) is 0 Å². The summed E-state index contributed by atoms with van der Waals surface area (Å²) in [7, 11) is 0. The highest BCUT2D eigenvalue weighted by atomic mass is 16.5. The van der Waals surface area contributed by atoms with Gasteiger partial charge in [-0.1, -0.05) is 29.8 Å². The molecule has 0 radical (unpaired) electrons. The Morgan fingerprint density at radius 3 is 2.82 bits per heavy atom. The lowest BCUT2D eigenvalue weighted by molar-refractivity contribution is -0.134. The summed E-state index contributed by atoms with van der Waals surface area (Å²) in [5, 5.41) is 3.25. The third kappa shape index (κ3) is 4.04. The van der Waals surface area contributed by atoms with Crippen LogP contribution in [0.25, 0.3) is 0 Å². The Morgan fingerprint density at radius 1 is 1.29 bits per heavy atom. The van der Waals surface area contributed by atoms with Crippen molar-refractivity contribution in [2.75, 3.05) is 13.1 Å². The number of para-hydroxylation sites is 1. The maximum atomic E-state index is 11.6. The van der Waals surface area contributed by atoms with Crippen LogP contribution in [0.5, 0.6) is 5.75 Å². The molecule has 1 aliphatic heterocycles. The van der Waals surface area contributed by atoms with E-state index in [1.165, 1.54) is 5.57 Å². The normalized spacial score (nSPS) is 15.2. The lowest BCUT2D eigenvalue weighted by Crippen LogP contribution is -2.21. The molecule has 1 N–H and O–H groups in total. The summed E-state index contributed by atoms with van der Waals surface area (Å²) in [5.41, 5.74) is 1.36. The van der Waals surface area contributed by atoms with E-state index in [9.17, 15) is 4.79 Å². The lowest BCUT2D eigenvalue weighted by Gasteiger charge is -2.13. The first-order chi connectivity index (χ1) is 8.34. The molecule has 0 bridgehead atoms. The molecule has 0 amide bonds. The minimum atomic E-state index is -0.157. The van der Waals surface area contributed by atoms with Gasteiger partial charge in [-0.3, -0.25) is 4.79 Å². The van der Waals surface area contributed by atoms with E-state index >= 15 is 0 Å². The van der Waals surface area contributed by atoms with Gasteiger partial charge in [-0.2, -0.15) is 0 Å². The lowest BCUT2D eigenvalue weighted by atomic mass is 10.0. The van der Waals surface area contributed by atoms with E-state index in [0.29, 0.717) is 12.2 Å². The number of benzene rings is 1. The van der Waals surface area contributed by atoms with E-state index in [4.69, 9.17) is 4.74 Å². The zero-order valence-corrected chi connectivity index (χ0v) is 9.82. The minimum absolute atomic E-state index is 0.157. The van der Waals surface area contributed by atoms with Crippen LogP contribution in [0.1, 0.15) is 19.3 Å². The molecule has 0 aliphatic carbocycles. The Hall–Kier alpha value is -1.61. The van der Waals surface area contributed by atoms with Gasteiger partial charge < -0.3 is 10.1 Å². The Morgan fingerprint density at radius 2 is 2.12 bits per heavy atom. The number of nitrogens with one attached hydrogen (secondary N) is 1. The predicted octanol–water partition coefficient (Wildman–Crippen LogP) is 2.29. The molecule has 0 saturated heterocycles. The van der Waals surface area contributed by atoms with Crippen LogP contribution in [0, 0.1) is 0 Å². The van der Waals surface area contributed by atoms with Crippen molar-refractivity contribution in [1.29, 1.82) is 0 Å². The maximum absolute atomic E-state index is 11.6. The third-order valence-electron chi connectivity index (χ3n) is 2.78. The van der Waals surface area contributed by atoms with Crippen molar-refractivity contribution in [2.24, 2.45) is 0 Å². The standard InChI is InChI=1S/C14H17NO2/c16-14(17-13-4-2-1-3-5-13)7-6-12-8-10-15-11-9-12/h1-5,8,15H,6-7,9-11H2. The fourth-order valence-corrected chi connectivity index (χ4v) is 1.83. The van der Waals surface area contributed by atoms with Gasteiger partial charge in [0.1, 0.15) is 5.75 Å². The van der Waals surface area contributed by atoms with Crippen LogP contribution in [0.15, 0.2) is 42.0 Å². The molecule has 3 heteroatoms. The Bertz CT molecular complexity index is 398. The molecular weight excluding hydrogens is 214 g/mol. The number of carbonyl (C=O) groups excluding carboxylic acids is 1. The third-order valence-corrected chi connectivity index (χ3v) is 2.78. The fraction of sp³-hybridized carbons (Fsp3) is 0.357. The van der Waals surface area contributed by atoms with E-state index < -0.39 is 0 Å². The first-order valence-corrected chi connectivity index (χ1v) is 5.99. The van der Waals surface area contributed by atoms with Crippen molar-refractivity contribution in [3.8, 4) is 5.75 Å². The van der Waals surface area contributed by atoms with E-state index in [-0.39, 0.29) is 5.97 Å². The zero-order valence-electron chi connectivity index (χ0n) is 9.82. The molecule has 3 nitrogen and oxygen atoms in total. The van der Waals surface area contributed by atoms with E-state index in [1.54, 1.807) is 12.1 Å². The molecule has 1 aromatic rings. The minimum Gasteiger partial charge on any atom is -0.427 e. The monoisotopic (exact) mass is 231 g/mol. The average molecular weight is 231 g/mol. The maximum Gasteiger partial charge on any atom is 0.311 e. The van der Waals surface area contributed by atoms with Crippen LogP contribution in [0.4, 0.5) is 0 Å². The molecule has 1 heterocycles. The molecule has 0 spiro atoms. The number of hydrogen-bond acceptors (Lipinski definition) is 3. The second kappa shape index (κ2) is 6.21. The number of carbonyl (C=O) groups is 1. The molecule has 0 unspecified atom stereocenters. The van der Waals surface area contributed by atoms with Gasteiger partial charge in [0.2, 0.25) is 0 Å². The van der Waals surface area contributed by atoms with Gasteiger partial charge in [0.25, 0.3) is 0 Å². The molecule has 1 aromatic carbocycles. The van der Waals surface area contributed by atoms with E-state index in [1.807, 2.05) is 18.2 Å². The smallest absolute Gasteiger partial charge is 0.311 e. The van der Waals surface area contributed by atoms with Gasteiger partial charge in [0, 0.05) is 13.0 Å². The van der Waals surface area contributed by atoms with Crippen LogP contribution in [-0.2, 0) is 4.79 Å². The second-order valence-electron chi connectivity index (χ2n) is 4.10. The zero-order chi connectivity index (χ0) is 11.9. The number of esters is 1. The quantitative estimate of drug-likeness (QED) is 0.491. The molecule has 1 aliphatic rings. The van der Waals surface area contributed by atoms with Crippen LogP contribution in [0.2, 0.25) is 0 Å². The Kier molecular flexibility index (Phi) is 4.33. The largest absolute Gasteiger partial charge is 0.427 e.